The minimum atomic E-state index is -1.21. The largest absolute Gasteiger partial charge is 0.480 e. The highest BCUT2D eigenvalue weighted by atomic mass is 16.4. The Labute approximate surface area is 81.9 Å². The van der Waals surface area contributed by atoms with Crippen LogP contribution in [0.25, 0.3) is 0 Å². The number of hydrogen-bond donors (Lipinski definition) is 2. The van der Waals surface area contributed by atoms with Crippen molar-refractivity contribution in [2.24, 2.45) is 0 Å². The SMILES string of the molecule is CC(=O)N[C@H](CC(=O)N(C)C)C(=O)O. The Kier molecular flexibility index (Phi) is 4.62. The van der Waals surface area contributed by atoms with Gasteiger partial charge in [-0.3, -0.25) is 9.59 Å². The zero-order valence-corrected chi connectivity index (χ0v) is 8.40. The second-order valence-electron chi connectivity index (χ2n) is 3.08. The summed E-state index contributed by atoms with van der Waals surface area (Å²) in [5.41, 5.74) is 0. The molecule has 2 amide bonds. The minimum absolute atomic E-state index is 0.234. The van der Waals surface area contributed by atoms with Crippen LogP contribution in [0.2, 0.25) is 0 Å². The number of carboxylic acids is 1. The molecule has 0 heterocycles. The third-order valence-electron chi connectivity index (χ3n) is 1.55. The summed E-state index contributed by atoms with van der Waals surface area (Å²) in [5.74, 6) is -2.02. The summed E-state index contributed by atoms with van der Waals surface area (Å²) in [5, 5.41) is 10.8. The van der Waals surface area contributed by atoms with Crippen molar-refractivity contribution in [3.63, 3.8) is 0 Å². The molecule has 0 saturated carbocycles. The van der Waals surface area contributed by atoms with Gasteiger partial charge < -0.3 is 15.3 Å². The van der Waals surface area contributed by atoms with E-state index in [1.54, 1.807) is 0 Å². The fourth-order valence-electron chi connectivity index (χ4n) is 0.803. The fourth-order valence-corrected chi connectivity index (χ4v) is 0.803. The molecule has 0 unspecified atom stereocenters. The smallest absolute Gasteiger partial charge is 0.326 e. The summed E-state index contributed by atoms with van der Waals surface area (Å²) in [6.07, 6.45) is -0.234. The molecule has 0 bridgehead atoms. The quantitative estimate of drug-likeness (QED) is 0.615. The van der Waals surface area contributed by atoms with Crippen molar-refractivity contribution >= 4 is 17.8 Å². The lowest BCUT2D eigenvalue weighted by Crippen LogP contribution is -2.43. The molecule has 1 atom stereocenters. The fraction of sp³-hybridized carbons (Fsp3) is 0.625. The molecule has 0 aromatic carbocycles. The van der Waals surface area contributed by atoms with Gasteiger partial charge in [0.2, 0.25) is 11.8 Å². The second kappa shape index (κ2) is 5.21. The lowest BCUT2D eigenvalue weighted by Gasteiger charge is -2.15. The van der Waals surface area contributed by atoms with Crippen molar-refractivity contribution in [2.45, 2.75) is 19.4 Å². The number of carboxylic acid groups (broad SMARTS) is 1. The summed E-state index contributed by atoms with van der Waals surface area (Å²) >= 11 is 0. The van der Waals surface area contributed by atoms with Gasteiger partial charge in [0.05, 0.1) is 6.42 Å². The van der Waals surface area contributed by atoms with Gasteiger partial charge in [-0.2, -0.15) is 0 Å². The van der Waals surface area contributed by atoms with E-state index in [4.69, 9.17) is 5.11 Å². The van der Waals surface area contributed by atoms with Crippen LogP contribution in [0.5, 0.6) is 0 Å². The maximum Gasteiger partial charge on any atom is 0.326 e. The third kappa shape index (κ3) is 4.44. The molecule has 0 aliphatic carbocycles. The molecule has 0 aliphatic heterocycles. The van der Waals surface area contributed by atoms with E-state index in [9.17, 15) is 14.4 Å². The van der Waals surface area contributed by atoms with Gasteiger partial charge in [-0.1, -0.05) is 0 Å². The predicted molar refractivity (Wildman–Crippen MR) is 48.6 cm³/mol. The highest BCUT2D eigenvalue weighted by Gasteiger charge is 2.22. The Bertz CT molecular complexity index is 250. The second-order valence-corrected chi connectivity index (χ2v) is 3.08. The van der Waals surface area contributed by atoms with Crippen molar-refractivity contribution in [3.05, 3.63) is 0 Å². The number of rotatable bonds is 4. The number of nitrogens with one attached hydrogen (secondary N) is 1. The van der Waals surface area contributed by atoms with E-state index >= 15 is 0 Å². The van der Waals surface area contributed by atoms with Gasteiger partial charge in [0, 0.05) is 21.0 Å². The summed E-state index contributed by atoms with van der Waals surface area (Å²) < 4.78 is 0. The molecule has 0 saturated heterocycles. The molecule has 0 aromatic rings. The molecule has 0 rings (SSSR count). The van der Waals surface area contributed by atoms with E-state index in [2.05, 4.69) is 5.32 Å². The standard InChI is InChI=1S/C8H14N2O4/c1-5(11)9-6(8(13)14)4-7(12)10(2)3/h6H,4H2,1-3H3,(H,9,11)(H,13,14)/t6-/m1/s1. The van der Waals surface area contributed by atoms with Crippen LogP contribution >= 0.6 is 0 Å². The predicted octanol–water partition coefficient (Wildman–Crippen LogP) is -0.946. The molecule has 0 radical (unpaired) electrons. The number of amides is 2. The molecule has 6 heteroatoms. The van der Waals surface area contributed by atoms with Crippen molar-refractivity contribution in [2.75, 3.05) is 14.1 Å². The van der Waals surface area contributed by atoms with Crippen LogP contribution in [0.4, 0.5) is 0 Å². The van der Waals surface area contributed by atoms with Gasteiger partial charge in [-0.05, 0) is 0 Å². The topological polar surface area (TPSA) is 86.7 Å². The normalized spacial score (nSPS) is 11.6. The van der Waals surface area contributed by atoms with Gasteiger partial charge in [-0.25, -0.2) is 4.79 Å². The maximum atomic E-state index is 11.2. The maximum absolute atomic E-state index is 11.2. The highest BCUT2D eigenvalue weighted by molar-refractivity contribution is 5.87. The lowest BCUT2D eigenvalue weighted by atomic mass is 10.2. The van der Waals surface area contributed by atoms with Crippen molar-refractivity contribution in [3.8, 4) is 0 Å². The molecule has 80 valence electrons. The average Bonchev–Trinajstić information content (AvgIpc) is 2.01. The lowest BCUT2D eigenvalue weighted by molar-refractivity contribution is -0.144. The van der Waals surface area contributed by atoms with Crippen LogP contribution < -0.4 is 5.32 Å². The first-order valence-corrected chi connectivity index (χ1v) is 4.04. The van der Waals surface area contributed by atoms with E-state index in [0.29, 0.717) is 0 Å². The van der Waals surface area contributed by atoms with E-state index in [1.165, 1.54) is 25.9 Å². The molecular formula is C8H14N2O4. The van der Waals surface area contributed by atoms with Gasteiger partial charge >= 0.3 is 5.97 Å². The zero-order chi connectivity index (χ0) is 11.3. The van der Waals surface area contributed by atoms with Gasteiger partial charge in [0.15, 0.2) is 0 Å². The molecule has 2 N–H and O–H groups in total. The van der Waals surface area contributed by atoms with Crippen molar-refractivity contribution in [1.82, 2.24) is 10.2 Å². The molecule has 6 nitrogen and oxygen atoms in total. The summed E-state index contributed by atoms with van der Waals surface area (Å²) in [7, 11) is 3.05. The van der Waals surface area contributed by atoms with Crippen LogP contribution in [0.15, 0.2) is 0 Å². The Balaban J connectivity index is 4.31. The molecule has 0 spiro atoms. The van der Waals surface area contributed by atoms with E-state index < -0.39 is 17.9 Å². The number of carbonyl (C=O) groups excluding carboxylic acids is 2. The van der Waals surface area contributed by atoms with Gasteiger partial charge in [0.25, 0.3) is 0 Å². The first-order chi connectivity index (χ1) is 6.34. The summed E-state index contributed by atoms with van der Waals surface area (Å²) in [6.45, 7) is 1.20. The Hall–Kier alpha value is -1.59. The Morgan fingerprint density at radius 3 is 2.14 bits per heavy atom. The number of carbonyl (C=O) groups is 3. The number of hydrogen-bond acceptors (Lipinski definition) is 3. The molecule has 0 aliphatic rings. The first-order valence-electron chi connectivity index (χ1n) is 4.04. The van der Waals surface area contributed by atoms with Crippen LogP contribution in [0.1, 0.15) is 13.3 Å². The highest BCUT2D eigenvalue weighted by Crippen LogP contribution is 1.96. The van der Waals surface area contributed by atoms with Crippen molar-refractivity contribution in [1.29, 1.82) is 0 Å². The molecule has 14 heavy (non-hydrogen) atoms. The Morgan fingerprint density at radius 1 is 1.36 bits per heavy atom. The van der Waals surface area contributed by atoms with Gasteiger partial charge in [0.1, 0.15) is 6.04 Å². The van der Waals surface area contributed by atoms with Crippen LogP contribution in [-0.2, 0) is 14.4 Å². The summed E-state index contributed by atoms with van der Waals surface area (Å²) in [4.78, 5) is 33.6. The van der Waals surface area contributed by atoms with Crippen LogP contribution in [-0.4, -0.2) is 47.9 Å². The van der Waals surface area contributed by atoms with Crippen LogP contribution in [0.3, 0.4) is 0 Å². The van der Waals surface area contributed by atoms with E-state index in [0.717, 1.165) is 0 Å². The molecule has 0 fully saturated rings. The summed E-state index contributed by atoms with van der Waals surface area (Å²) in [6, 6.07) is -1.15. The number of nitrogens with zero attached hydrogens (tertiary/aromatic N) is 1. The number of aliphatic carboxylic acids is 1. The van der Waals surface area contributed by atoms with E-state index in [1.807, 2.05) is 0 Å². The first kappa shape index (κ1) is 12.4. The minimum Gasteiger partial charge on any atom is -0.480 e. The van der Waals surface area contributed by atoms with Crippen LogP contribution in [0, 0.1) is 0 Å². The monoisotopic (exact) mass is 202 g/mol. The average molecular weight is 202 g/mol. The van der Waals surface area contributed by atoms with Crippen molar-refractivity contribution < 1.29 is 19.5 Å². The van der Waals surface area contributed by atoms with E-state index in [-0.39, 0.29) is 12.3 Å². The van der Waals surface area contributed by atoms with Gasteiger partial charge in [-0.15, -0.1) is 0 Å². The molecular weight excluding hydrogens is 188 g/mol. The molecule has 0 aromatic heterocycles. The Morgan fingerprint density at radius 2 is 1.86 bits per heavy atom. The zero-order valence-electron chi connectivity index (χ0n) is 8.40. The third-order valence-corrected chi connectivity index (χ3v) is 1.55.